The lowest BCUT2D eigenvalue weighted by atomic mass is 10.2. The van der Waals surface area contributed by atoms with Crippen molar-refractivity contribution in [1.29, 1.82) is 0 Å². The van der Waals surface area contributed by atoms with E-state index >= 15 is 0 Å². The zero-order valence-electron chi connectivity index (χ0n) is 16.1. The van der Waals surface area contributed by atoms with Gasteiger partial charge in [0.05, 0.1) is 16.0 Å². The van der Waals surface area contributed by atoms with Crippen molar-refractivity contribution in [2.24, 2.45) is 0 Å². The van der Waals surface area contributed by atoms with Crippen molar-refractivity contribution in [3.8, 4) is 5.75 Å². The van der Waals surface area contributed by atoms with Crippen LogP contribution in [0.5, 0.6) is 5.75 Å². The molecule has 1 aliphatic heterocycles. The molecule has 0 fully saturated rings. The van der Waals surface area contributed by atoms with E-state index in [0.717, 1.165) is 34.2 Å². The second-order valence-corrected chi connectivity index (χ2v) is 8.22. The highest BCUT2D eigenvalue weighted by atomic mass is 32.1. The molecule has 1 N–H and O–H groups in total. The topological polar surface area (TPSA) is 41.6 Å². The van der Waals surface area contributed by atoms with E-state index in [1.54, 1.807) is 11.3 Å². The number of nitrogens with zero attached hydrogens (tertiary/aromatic N) is 1. The number of hydrogen-bond donors (Lipinski definition) is 1. The van der Waals surface area contributed by atoms with E-state index in [1.165, 1.54) is 11.3 Å². The van der Waals surface area contributed by atoms with Gasteiger partial charge < -0.3 is 15.0 Å². The number of ether oxygens (including phenoxy) is 1. The van der Waals surface area contributed by atoms with Gasteiger partial charge in [0.15, 0.2) is 0 Å². The Kier molecular flexibility index (Phi) is 5.35. The van der Waals surface area contributed by atoms with Gasteiger partial charge in [0.1, 0.15) is 5.75 Å². The Morgan fingerprint density at radius 3 is 2.68 bits per heavy atom. The first-order valence-corrected chi connectivity index (χ1v) is 10.4. The SMILES string of the molecule is CC(C)Oc1ccc(CNC(=O)c2ccc(N3CCc4ccccc43)s2)cc1. The normalized spacial score (nSPS) is 12.9. The molecule has 144 valence electrons. The van der Waals surface area contributed by atoms with Gasteiger partial charge in [-0.2, -0.15) is 0 Å². The molecule has 4 rings (SSSR count). The first-order chi connectivity index (χ1) is 13.6. The maximum atomic E-state index is 12.6. The van der Waals surface area contributed by atoms with Crippen molar-refractivity contribution in [3.05, 3.63) is 76.7 Å². The molecule has 4 nitrogen and oxygen atoms in total. The largest absolute Gasteiger partial charge is 0.491 e. The van der Waals surface area contributed by atoms with Crippen LogP contribution in [0.25, 0.3) is 0 Å². The molecule has 0 atom stereocenters. The van der Waals surface area contributed by atoms with Gasteiger partial charge in [0, 0.05) is 18.8 Å². The highest BCUT2D eigenvalue weighted by Crippen LogP contribution is 2.38. The second-order valence-electron chi connectivity index (χ2n) is 7.16. The van der Waals surface area contributed by atoms with Gasteiger partial charge in [-0.3, -0.25) is 4.79 Å². The maximum absolute atomic E-state index is 12.6. The van der Waals surface area contributed by atoms with Crippen LogP contribution in [0.2, 0.25) is 0 Å². The number of amides is 1. The van der Waals surface area contributed by atoms with Crippen molar-refractivity contribution in [1.82, 2.24) is 5.32 Å². The quantitative estimate of drug-likeness (QED) is 0.630. The molecule has 0 bridgehead atoms. The zero-order valence-corrected chi connectivity index (χ0v) is 17.0. The number of benzene rings is 2. The molecule has 3 aromatic rings. The summed E-state index contributed by atoms with van der Waals surface area (Å²) in [6.07, 6.45) is 1.20. The molecule has 0 radical (unpaired) electrons. The van der Waals surface area contributed by atoms with Crippen LogP contribution in [-0.4, -0.2) is 18.6 Å². The Labute approximate surface area is 169 Å². The molecule has 0 saturated heterocycles. The lowest BCUT2D eigenvalue weighted by molar-refractivity contribution is 0.0955. The summed E-state index contributed by atoms with van der Waals surface area (Å²) in [5.41, 5.74) is 3.67. The van der Waals surface area contributed by atoms with Crippen LogP contribution in [0, 0.1) is 0 Å². The van der Waals surface area contributed by atoms with Gasteiger partial charge in [-0.15, -0.1) is 11.3 Å². The molecule has 0 aliphatic carbocycles. The number of anilines is 2. The van der Waals surface area contributed by atoms with Gasteiger partial charge in [-0.05, 0) is 61.7 Å². The van der Waals surface area contributed by atoms with Crippen molar-refractivity contribution in [2.45, 2.75) is 32.9 Å². The molecule has 2 heterocycles. The lowest BCUT2D eigenvalue weighted by Gasteiger charge is -2.16. The van der Waals surface area contributed by atoms with E-state index in [1.807, 2.05) is 50.2 Å². The zero-order chi connectivity index (χ0) is 19.5. The van der Waals surface area contributed by atoms with E-state index in [4.69, 9.17) is 4.74 Å². The van der Waals surface area contributed by atoms with E-state index in [-0.39, 0.29) is 12.0 Å². The van der Waals surface area contributed by atoms with Crippen molar-refractivity contribution in [2.75, 3.05) is 11.4 Å². The van der Waals surface area contributed by atoms with Gasteiger partial charge in [-0.1, -0.05) is 30.3 Å². The Bertz CT molecular complexity index is 963. The molecule has 1 aliphatic rings. The van der Waals surface area contributed by atoms with Crippen LogP contribution in [-0.2, 0) is 13.0 Å². The molecule has 2 aromatic carbocycles. The summed E-state index contributed by atoms with van der Waals surface area (Å²) in [6.45, 7) is 5.47. The number of para-hydroxylation sites is 1. The molecule has 0 spiro atoms. The summed E-state index contributed by atoms with van der Waals surface area (Å²) >= 11 is 1.54. The number of nitrogens with one attached hydrogen (secondary N) is 1. The van der Waals surface area contributed by atoms with Gasteiger partial charge in [0.25, 0.3) is 5.91 Å². The van der Waals surface area contributed by atoms with Crippen molar-refractivity contribution >= 4 is 27.9 Å². The lowest BCUT2D eigenvalue weighted by Crippen LogP contribution is -2.21. The maximum Gasteiger partial charge on any atom is 0.261 e. The summed E-state index contributed by atoms with van der Waals surface area (Å²) < 4.78 is 5.65. The van der Waals surface area contributed by atoms with Crippen LogP contribution in [0.1, 0.15) is 34.6 Å². The predicted octanol–water partition coefficient (Wildman–Crippen LogP) is 5.16. The Balaban J connectivity index is 1.37. The Hall–Kier alpha value is -2.79. The smallest absolute Gasteiger partial charge is 0.261 e. The number of thiophene rings is 1. The van der Waals surface area contributed by atoms with Gasteiger partial charge in [0.2, 0.25) is 0 Å². The third-order valence-corrected chi connectivity index (χ3v) is 5.82. The van der Waals surface area contributed by atoms with E-state index < -0.39 is 0 Å². The fraction of sp³-hybridized carbons (Fsp3) is 0.261. The average Bonchev–Trinajstić information content (AvgIpc) is 3.33. The van der Waals surface area contributed by atoms with E-state index in [9.17, 15) is 4.79 Å². The van der Waals surface area contributed by atoms with Gasteiger partial charge >= 0.3 is 0 Å². The van der Waals surface area contributed by atoms with Crippen molar-refractivity contribution < 1.29 is 9.53 Å². The molecule has 1 aromatic heterocycles. The van der Waals surface area contributed by atoms with Crippen LogP contribution in [0.3, 0.4) is 0 Å². The molecule has 0 saturated carbocycles. The summed E-state index contributed by atoms with van der Waals surface area (Å²) in [4.78, 5) is 15.6. The number of rotatable bonds is 6. The molecule has 0 unspecified atom stereocenters. The average molecular weight is 393 g/mol. The molecule has 1 amide bonds. The number of fused-ring (bicyclic) bond motifs is 1. The van der Waals surface area contributed by atoms with Crippen LogP contribution in [0.15, 0.2) is 60.7 Å². The fourth-order valence-electron chi connectivity index (χ4n) is 3.39. The molecule has 5 heteroatoms. The van der Waals surface area contributed by atoms with E-state index in [0.29, 0.717) is 6.54 Å². The van der Waals surface area contributed by atoms with E-state index in [2.05, 4.69) is 34.5 Å². The summed E-state index contributed by atoms with van der Waals surface area (Å²) in [5, 5.41) is 4.13. The summed E-state index contributed by atoms with van der Waals surface area (Å²) in [7, 11) is 0. The molecule has 28 heavy (non-hydrogen) atoms. The number of hydrogen-bond acceptors (Lipinski definition) is 4. The highest BCUT2D eigenvalue weighted by molar-refractivity contribution is 7.18. The third-order valence-electron chi connectivity index (χ3n) is 4.72. The minimum Gasteiger partial charge on any atom is -0.491 e. The van der Waals surface area contributed by atoms with Gasteiger partial charge in [-0.25, -0.2) is 0 Å². The standard InChI is InChI=1S/C23H24N2O2S/c1-16(2)27-19-9-7-17(8-10-19)15-24-23(26)21-11-12-22(28-21)25-14-13-18-5-3-4-6-20(18)25/h3-12,16H,13-15H2,1-2H3,(H,24,26). The highest BCUT2D eigenvalue weighted by Gasteiger charge is 2.22. The number of carbonyl (C=O) groups is 1. The first kappa shape index (κ1) is 18.6. The minimum atomic E-state index is -0.0359. The molecular weight excluding hydrogens is 368 g/mol. The summed E-state index contributed by atoms with van der Waals surface area (Å²) in [5.74, 6) is 0.810. The fourth-order valence-corrected chi connectivity index (χ4v) is 4.35. The second kappa shape index (κ2) is 8.07. The molecular formula is C23H24N2O2S. The minimum absolute atomic E-state index is 0.0359. The Morgan fingerprint density at radius 2 is 1.89 bits per heavy atom. The number of carbonyl (C=O) groups excluding carboxylic acids is 1. The third kappa shape index (κ3) is 4.04. The van der Waals surface area contributed by atoms with Crippen molar-refractivity contribution in [3.63, 3.8) is 0 Å². The predicted molar refractivity (Wildman–Crippen MR) is 115 cm³/mol. The van der Waals surface area contributed by atoms with Crippen LogP contribution >= 0.6 is 11.3 Å². The first-order valence-electron chi connectivity index (χ1n) is 9.59. The Morgan fingerprint density at radius 1 is 1.11 bits per heavy atom. The summed E-state index contributed by atoms with van der Waals surface area (Å²) in [6, 6.07) is 20.3. The van der Waals surface area contributed by atoms with Crippen LogP contribution in [0.4, 0.5) is 10.7 Å². The monoisotopic (exact) mass is 392 g/mol. The van der Waals surface area contributed by atoms with Crippen LogP contribution < -0.4 is 15.0 Å².